The molecule has 1 N–H and O–H groups in total. The lowest BCUT2D eigenvalue weighted by molar-refractivity contribution is -0.144. The smallest absolute Gasteiger partial charge is 0.380 e. The lowest BCUT2D eigenvalue weighted by atomic mass is 10.5. The first-order valence-electron chi connectivity index (χ1n) is 4.87. The highest BCUT2D eigenvalue weighted by atomic mass is 35.5. The maximum atomic E-state index is 12.4. The third-order valence-corrected chi connectivity index (χ3v) is 1.90. The summed E-state index contributed by atoms with van der Waals surface area (Å²) in [5.74, 6) is -1.24. The second-order valence-corrected chi connectivity index (χ2v) is 3.41. The van der Waals surface area contributed by atoms with E-state index in [1.165, 1.54) is 6.07 Å². The Balaban J connectivity index is 2.69. The molecule has 0 saturated heterocycles. The molecule has 1 rings (SSSR count). The van der Waals surface area contributed by atoms with Crippen molar-refractivity contribution in [2.75, 3.05) is 25.1 Å². The maximum Gasteiger partial charge on any atom is 0.451 e. The molecule has 1 aromatic rings. The Labute approximate surface area is 101 Å². The number of alkyl halides is 3. The minimum absolute atomic E-state index is 0.0250. The van der Waals surface area contributed by atoms with Crippen molar-refractivity contribution >= 4 is 17.4 Å². The van der Waals surface area contributed by atoms with Gasteiger partial charge in [0.25, 0.3) is 0 Å². The van der Waals surface area contributed by atoms with Crippen molar-refractivity contribution in [3.8, 4) is 0 Å². The predicted octanol–water partition coefficient (Wildman–Crippen LogP) is 2.60. The van der Waals surface area contributed by atoms with Gasteiger partial charge in [-0.05, 0) is 6.92 Å². The zero-order valence-corrected chi connectivity index (χ0v) is 9.77. The number of hydrogen-bond donors (Lipinski definition) is 1. The van der Waals surface area contributed by atoms with Gasteiger partial charge in [0.05, 0.1) is 6.61 Å². The van der Waals surface area contributed by atoms with Gasteiger partial charge < -0.3 is 10.1 Å². The van der Waals surface area contributed by atoms with Gasteiger partial charge in [0.2, 0.25) is 5.82 Å². The number of anilines is 1. The highest BCUT2D eigenvalue weighted by Gasteiger charge is 2.35. The summed E-state index contributed by atoms with van der Waals surface area (Å²) in [5, 5.41) is 2.41. The molecule has 0 amide bonds. The molecule has 0 fully saturated rings. The molecule has 1 aromatic heterocycles. The van der Waals surface area contributed by atoms with E-state index in [9.17, 15) is 13.2 Å². The average Bonchev–Trinajstić information content (AvgIpc) is 2.22. The van der Waals surface area contributed by atoms with Crippen LogP contribution in [0.15, 0.2) is 6.07 Å². The summed E-state index contributed by atoms with van der Waals surface area (Å²) in [7, 11) is 0. The molecule has 1 heterocycles. The normalized spacial score (nSPS) is 11.6. The molecule has 8 heteroatoms. The Kier molecular flexibility index (Phi) is 4.95. The van der Waals surface area contributed by atoms with E-state index in [0.29, 0.717) is 19.8 Å². The second-order valence-electron chi connectivity index (χ2n) is 3.02. The third-order valence-electron chi connectivity index (χ3n) is 1.71. The molecule has 96 valence electrons. The number of nitrogens with one attached hydrogen (secondary N) is 1. The van der Waals surface area contributed by atoms with Crippen molar-refractivity contribution in [2.24, 2.45) is 0 Å². The quantitative estimate of drug-likeness (QED) is 0.659. The zero-order chi connectivity index (χ0) is 12.9. The van der Waals surface area contributed by atoms with Crippen LogP contribution < -0.4 is 5.32 Å². The van der Waals surface area contributed by atoms with Crippen molar-refractivity contribution in [3.63, 3.8) is 0 Å². The van der Waals surface area contributed by atoms with Crippen LogP contribution >= 0.6 is 11.6 Å². The summed E-state index contributed by atoms with van der Waals surface area (Å²) >= 11 is 5.47. The largest absolute Gasteiger partial charge is 0.451 e. The number of halogens is 4. The molecular formula is C9H11ClF3N3O. The van der Waals surface area contributed by atoms with Crippen LogP contribution in [-0.4, -0.2) is 29.7 Å². The number of ether oxygens (including phenoxy) is 1. The van der Waals surface area contributed by atoms with Gasteiger partial charge in [-0.25, -0.2) is 9.97 Å². The zero-order valence-electron chi connectivity index (χ0n) is 9.01. The highest BCUT2D eigenvalue weighted by Crippen LogP contribution is 2.28. The van der Waals surface area contributed by atoms with Gasteiger partial charge in [0, 0.05) is 19.2 Å². The summed E-state index contributed by atoms with van der Waals surface area (Å²) in [5.41, 5.74) is 0. The molecule has 4 nitrogen and oxygen atoms in total. The first-order valence-corrected chi connectivity index (χ1v) is 5.24. The number of nitrogens with zero attached hydrogens (tertiary/aromatic N) is 2. The molecule has 0 aliphatic rings. The molecule has 0 aliphatic heterocycles. The number of hydrogen-bond acceptors (Lipinski definition) is 4. The molecule has 0 bridgehead atoms. The van der Waals surface area contributed by atoms with Crippen molar-refractivity contribution in [1.29, 1.82) is 0 Å². The monoisotopic (exact) mass is 269 g/mol. The van der Waals surface area contributed by atoms with E-state index in [1.807, 2.05) is 6.92 Å². The highest BCUT2D eigenvalue weighted by molar-refractivity contribution is 6.29. The van der Waals surface area contributed by atoms with Crippen LogP contribution in [0.1, 0.15) is 12.7 Å². The minimum Gasteiger partial charge on any atom is -0.380 e. The van der Waals surface area contributed by atoms with Gasteiger partial charge in [-0.15, -0.1) is 0 Å². The topological polar surface area (TPSA) is 47.0 Å². The Hall–Kier alpha value is -1.08. The van der Waals surface area contributed by atoms with Gasteiger partial charge in [-0.3, -0.25) is 0 Å². The van der Waals surface area contributed by atoms with E-state index in [0.717, 1.165) is 0 Å². The fourth-order valence-electron chi connectivity index (χ4n) is 1.03. The molecule has 0 saturated carbocycles. The molecule has 0 atom stereocenters. The van der Waals surface area contributed by atoms with Crippen molar-refractivity contribution < 1.29 is 17.9 Å². The van der Waals surface area contributed by atoms with Crippen molar-refractivity contribution in [3.05, 3.63) is 17.0 Å². The molecule has 0 unspecified atom stereocenters. The van der Waals surface area contributed by atoms with Gasteiger partial charge in [-0.1, -0.05) is 11.6 Å². The Morgan fingerprint density at radius 1 is 1.41 bits per heavy atom. The van der Waals surface area contributed by atoms with Crippen molar-refractivity contribution in [1.82, 2.24) is 9.97 Å². The molecule has 0 aromatic carbocycles. The summed E-state index contributed by atoms with van der Waals surface area (Å²) in [4.78, 5) is 6.42. The van der Waals surface area contributed by atoms with Crippen LogP contribution in [0.5, 0.6) is 0 Å². The summed E-state index contributed by atoms with van der Waals surface area (Å²) < 4.78 is 42.1. The van der Waals surface area contributed by atoms with Crippen LogP contribution in [0.2, 0.25) is 5.15 Å². The first kappa shape index (κ1) is 14.0. The maximum absolute atomic E-state index is 12.4. The minimum atomic E-state index is -4.61. The lowest BCUT2D eigenvalue weighted by Gasteiger charge is -2.09. The number of rotatable bonds is 5. The fraction of sp³-hybridized carbons (Fsp3) is 0.556. The van der Waals surface area contributed by atoms with E-state index in [4.69, 9.17) is 16.3 Å². The SMILES string of the molecule is CCOCCNc1cc(Cl)nc(C(F)(F)F)n1. The van der Waals surface area contributed by atoms with Crippen LogP contribution in [0.4, 0.5) is 19.0 Å². The molecule has 0 spiro atoms. The average molecular weight is 270 g/mol. The Bertz CT molecular complexity index is 373. The summed E-state index contributed by atoms with van der Waals surface area (Å²) in [6.07, 6.45) is -4.61. The van der Waals surface area contributed by atoms with E-state index >= 15 is 0 Å². The fourth-order valence-corrected chi connectivity index (χ4v) is 1.21. The molecule has 17 heavy (non-hydrogen) atoms. The van der Waals surface area contributed by atoms with E-state index in [1.54, 1.807) is 0 Å². The van der Waals surface area contributed by atoms with Gasteiger partial charge >= 0.3 is 6.18 Å². The van der Waals surface area contributed by atoms with E-state index in [-0.39, 0.29) is 11.0 Å². The number of aromatic nitrogens is 2. The lowest BCUT2D eigenvalue weighted by Crippen LogP contribution is -2.15. The van der Waals surface area contributed by atoms with Crippen LogP contribution in [0, 0.1) is 0 Å². The standard InChI is InChI=1S/C9H11ClF3N3O/c1-2-17-4-3-14-7-5-6(10)15-8(16-7)9(11,12)13/h5H,2-4H2,1H3,(H,14,15,16). The van der Waals surface area contributed by atoms with Crippen LogP contribution in [0.3, 0.4) is 0 Å². The van der Waals surface area contributed by atoms with Crippen LogP contribution in [0.25, 0.3) is 0 Å². The Morgan fingerprint density at radius 3 is 2.71 bits per heavy atom. The van der Waals surface area contributed by atoms with Gasteiger partial charge in [-0.2, -0.15) is 13.2 Å². The van der Waals surface area contributed by atoms with E-state index in [2.05, 4.69) is 15.3 Å². The van der Waals surface area contributed by atoms with Gasteiger partial charge in [0.1, 0.15) is 11.0 Å². The summed E-state index contributed by atoms with van der Waals surface area (Å²) in [6, 6.07) is 1.22. The van der Waals surface area contributed by atoms with E-state index < -0.39 is 12.0 Å². The molecular weight excluding hydrogens is 259 g/mol. The Morgan fingerprint density at radius 2 is 2.12 bits per heavy atom. The second kappa shape index (κ2) is 6.02. The molecule has 0 aliphatic carbocycles. The van der Waals surface area contributed by atoms with Crippen LogP contribution in [-0.2, 0) is 10.9 Å². The van der Waals surface area contributed by atoms with Gasteiger partial charge in [0.15, 0.2) is 0 Å². The van der Waals surface area contributed by atoms with Crippen molar-refractivity contribution in [2.45, 2.75) is 13.1 Å². The predicted molar refractivity (Wildman–Crippen MR) is 57.0 cm³/mol. The third kappa shape index (κ3) is 4.74. The first-order chi connectivity index (χ1) is 7.93. The summed E-state index contributed by atoms with van der Waals surface area (Å²) in [6.45, 7) is 3.08. The molecule has 0 radical (unpaired) electrons.